The van der Waals surface area contributed by atoms with Crippen LogP contribution in [0.15, 0.2) is 57.7 Å². The first kappa shape index (κ1) is 22.3. The van der Waals surface area contributed by atoms with Gasteiger partial charge in [-0.05, 0) is 51.2 Å². The molecule has 34 heavy (non-hydrogen) atoms. The number of furan rings is 1. The van der Waals surface area contributed by atoms with E-state index in [9.17, 15) is 9.59 Å². The van der Waals surface area contributed by atoms with Gasteiger partial charge in [0.05, 0.1) is 6.04 Å². The Bertz CT molecular complexity index is 1410. The van der Waals surface area contributed by atoms with Crippen molar-refractivity contribution in [3.8, 4) is 11.3 Å². The van der Waals surface area contributed by atoms with Crippen LogP contribution in [0.3, 0.4) is 0 Å². The van der Waals surface area contributed by atoms with Crippen molar-refractivity contribution in [2.75, 3.05) is 27.2 Å². The van der Waals surface area contributed by atoms with Gasteiger partial charge in [-0.1, -0.05) is 36.4 Å². The molecule has 1 saturated heterocycles. The molecular weight excluding hydrogens is 430 g/mol. The fourth-order valence-corrected chi connectivity index (χ4v) is 4.97. The van der Waals surface area contributed by atoms with Gasteiger partial charge in [0.25, 0.3) is 0 Å². The third-order valence-corrected chi connectivity index (χ3v) is 6.50. The van der Waals surface area contributed by atoms with Crippen molar-refractivity contribution in [1.29, 1.82) is 0 Å². The molecule has 2 aromatic carbocycles. The third-order valence-electron chi connectivity index (χ3n) is 6.50. The molecule has 5 rings (SSSR count). The van der Waals surface area contributed by atoms with Gasteiger partial charge in [-0.2, -0.15) is 4.98 Å². The lowest BCUT2D eigenvalue weighted by molar-refractivity contribution is -0.122. The molecule has 0 radical (unpaired) electrons. The number of nitrogens with zero attached hydrogens (tertiary/aromatic N) is 4. The highest BCUT2D eigenvalue weighted by Crippen LogP contribution is 2.34. The van der Waals surface area contributed by atoms with Crippen molar-refractivity contribution in [3.63, 3.8) is 0 Å². The van der Waals surface area contributed by atoms with Crippen molar-refractivity contribution in [1.82, 2.24) is 19.4 Å². The molecule has 176 valence electrons. The van der Waals surface area contributed by atoms with E-state index in [0.29, 0.717) is 24.4 Å². The smallest absolute Gasteiger partial charge is 0.348 e. The van der Waals surface area contributed by atoms with E-state index >= 15 is 0 Å². The zero-order chi connectivity index (χ0) is 23.8. The maximum absolute atomic E-state index is 13.3. The molecule has 8 nitrogen and oxygen atoms in total. The number of rotatable bonds is 7. The van der Waals surface area contributed by atoms with E-state index in [1.807, 2.05) is 56.6 Å². The van der Waals surface area contributed by atoms with Crippen LogP contribution in [0.4, 0.5) is 0 Å². The van der Waals surface area contributed by atoms with Gasteiger partial charge in [0.2, 0.25) is 5.91 Å². The second kappa shape index (κ2) is 9.04. The van der Waals surface area contributed by atoms with Gasteiger partial charge in [-0.15, -0.1) is 0 Å². The highest BCUT2D eigenvalue weighted by molar-refractivity contribution is 6.06. The van der Waals surface area contributed by atoms with Gasteiger partial charge in [0.1, 0.15) is 16.8 Å². The van der Waals surface area contributed by atoms with Crippen molar-refractivity contribution >= 4 is 28.0 Å². The zero-order valence-corrected chi connectivity index (χ0v) is 19.5. The number of likely N-dealkylation sites (tertiary alicyclic amines) is 1. The Balaban J connectivity index is 1.65. The molecule has 1 atom stereocenters. The molecule has 4 aromatic rings. The van der Waals surface area contributed by atoms with Crippen LogP contribution < -0.4 is 11.4 Å². The zero-order valence-electron chi connectivity index (χ0n) is 19.5. The number of benzene rings is 2. The number of amides is 1. The SMILES string of the molecule is CN(C)Cc1ccc2c(c1)oc1c(-c3ccccc3)nc(=O)n(CCN3CCCC3C(N)=O)c12. The molecule has 8 heteroatoms. The van der Waals surface area contributed by atoms with Gasteiger partial charge in [0.15, 0.2) is 5.58 Å². The average molecular weight is 460 g/mol. The molecule has 1 amide bonds. The van der Waals surface area contributed by atoms with Gasteiger partial charge in [-0.25, -0.2) is 4.79 Å². The van der Waals surface area contributed by atoms with Crippen LogP contribution in [0.5, 0.6) is 0 Å². The summed E-state index contributed by atoms with van der Waals surface area (Å²) in [5.41, 5.74) is 9.81. The van der Waals surface area contributed by atoms with E-state index in [0.717, 1.165) is 53.5 Å². The molecule has 0 aliphatic carbocycles. The molecular formula is C26H29N5O3. The number of hydrogen-bond acceptors (Lipinski definition) is 6. The lowest BCUT2D eigenvalue weighted by atomic mass is 10.1. The lowest BCUT2D eigenvalue weighted by Gasteiger charge is -2.22. The Hall–Kier alpha value is -3.49. The monoisotopic (exact) mass is 459 g/mol. The van der Waals surface area contributed by atoms with Crippen molar-refractivity contribution < 1.29 is 9.21 Å². The van der Waals surface area contributed by atoms with E-state index in [1.54, 1.807) is 4.57 Å². The van der Waals surface area contributed by atoms with Gasteiger partial charge >= 0.3 is 5.69 Å². The fraction of sp³-hybridized carbons (Fsp3) is 0.346. The Labute approximate surface area is 197 Å². The summed E-state index contributed by atoms with van der Waals surface area (Å²) >= 11 is 0. The van der Waals surface area contributed by atoms with E-state index in [4.69, 9.17) is 10.2 Å². The first-order chi connectivity index (χ1) is 16.4. The van der Waals surface area contributed by atoms with Crippen molar-refractivity contribution in [3.05, 3.63) is 64.6 Å². The summed E-state index contributed by atoms with van der Waals surface area (Å²) in [5, 5.41) is 0.877. The lowest BCUT2D eigenvalue weighted by Crippen LogP contribution is -2.42. The van der Waals surface area contributed by atoms with Crippen LogP contribution in [0.1, 0.15) is 18.4 Å². The van der Waals surface area contributed by atoms with E-state index in [2.05, 4.69) is 20.9 Å². The Kier molecular flexibility index (Phi) is 5.93. The summed E-state index contributed by atoms with van der Waals surface area (Å²) in [6.45, 7) is 2.52. The number of hydrogen-bond donors (Lipinski definition) is 1. The second-order valence-corrected chi connectivity index (χ2v) is 9.21. The maximum Gasteiger partial charge on any atom is 0.348 e. The maximum atomic E-state index is 13.3. The normalized spacial score (nSPS) is 16.7. The molecule has 2 N–H and O–H groups in total. The minimum atomic E-state index is -0.332. The average Bonchev–Trinajstić information content (AvgIpc) is 3.43. The standard InChI is InChI=1S/C26H29N5O3/c1-29(2)16-17-10-11-19-21(15-17)34-24-22(18-7-4-3-5-8-18)28-26(33)31(23(19)24)14-13-30-12-6-9-20(30)25(27)32/h3-5,7-8,10-11,15,20H,6,9,12-14,16H2,1-2H3,(H2,27,32). The number of aromatic nitrogens is 2. The summed E-state index contributed by atoms with van der Waals surface area (Å²) in [6.07, 6.45) is 1.68. The number of nitrogens with two attached hydrogens (primary N) is 1. The molecule has 0 saturated carbocycles. The van der Waals surface area contributed by atoms with Crippen LogP contribution in [0.2, 0.25) is 0 Å². The summed E-state index contributed by atoms with van der Waals surface area (Å²) in [7, 11) is 4.05. The summed E-state index contributed by atoms with van der Waals surface area (Å²) < 4.78 is 8.03. The second-order valence-electron chi connectivity index (χ2n) is 9.21. The van der Waals surface area contributed by atoms with Crippen LogP contribution in [0.25, 0.3) is 33.3 Å². The minimum Gasteiger partial charge on any atom is -0.452 e. The van der Waals surface area contributed by atoms with E-state index < -0.39 is 0 Å². The first-order valence-electron chi connectivity index (χ1n) is 11.6. The molecule has 1 unspecified atom stereocenters. The highest BCUT2D eigenvalue weighted by Gasteiger charge is 2.29. The van der Waals surface area contributed by atoms with Crippen LogP contribution in [-0.2, 0) is 17.9 Å². The van der Waals surface area contributed by atoms with Gasteiger partial charge < -0.3 is 15.1 Å². The van der Waals surface area contributed by atoms with E-state index in [-0.39, 0.29) is 17.6 Å². The molecule has 3 heterocycles. The van der Waals surface area contributed by atoms with Gasteiger partial charge in [-0.3, -0.25) is 14.3 Å². The first-order valence-corrected chi connectivity index (χ1v) is 11.6. The van der Waals surface area contributed by atoms with Crippen LogP contribution in [-0.4, -0.2) is 58.5 Å². The van der Waals surface area contributed by atoms with Gasteiger partial charge in [0, 0.05) is 30.6 Å². The number of carbonyl (C=O) groups excluding carboxylic acids is 1. The predicted molar refractivity (Wildman–Crippen MR) is 132 cm³/mol. The minimum absolute atomic E-state index is 0.280. The number of fused-ring (bicyclic) bond motifs is 3. The quantitative estimate of drug-likeness (QED) is 0.456. The molecule has 1 aliphatic rings. The van der Waals surface area contributed by atoms with Crippen LogP contribution in [0, 0.1) is 0 Å². The Morgan fingerprint density at radius 2 is 1.97 bits per heavy atom. The van der Waals surface area contributed by atoms with E-state index in [1.165, 1.54) is 0 Å². The number of primary amides is 1. The highest BCUT2D eigenvalue weighted by atomic mass is 16.3. The molecule has 2 aromatic heterocycles. The molecule has 1 aliphatic heterocycles. The molecule has 0 bridgehead atoms. The van der Waals surface area contributed by atoms with Crippen molar-refractivity contribution in [2.24, 2.45) is 5.73 Å². The van der Waals surface area contributed by atoms with Crippen LogP contribution >= 0.6 is 0 Å². The topological polar surface area (TPSA) is 97.6 Å². The summed E-state index contributed by atoms with van der Waals surface area (Å²) in [6, 6.07) is 15.5. The predicted octanol–water partition coefficient (Wildman–Crippen LogP) is 2.82. The third kappa shape index (κ3) is 4.10. The Morgan fingerprint density at radius 3 is 2.71 bits per heavy atom. The fourth-order valence-electron chi connectivity index (χ4n) is 4.97. The Morgan fingerprint density at radius 1 is 1.18 bits per heavy atom. The summed E-state index contributed by atoms with van der Waals surface area (Å²) in [5.74, 6) is -0.310. The number of carbonyl (C=O) groups is 1. The molecule has 1 fully saturated rings. The molecule has 0 spiro atoms. The summed E-state index contributed by atoms with van der Waals surface area (Å²) in [4.78, 5) is 33.7. The van der Waals surface area contributed by atoms with Crippen molar-refractivity contribution in [2.45, 2.75) is 32.0 Å². The largest absolute Gasteiger partial charge is 0.452 e.